The van der Waals surface area contributed by atoms with Gasteiger partial charge in [-0.3, -0.25) is 10.1 Å². The number of imide groups is 1. The first-order valence-electron chi connectivity index (χ1n) is 5.08. The average molecular weight is 305 g/mol. The molecule has 0 unspecified atom stereocenters. The van der Waals surface area contributed by atoms with E-state index in [2.05, 4.69) is 5.32 Å². The van der Waals surface area contributed by atoms with E-state index < -0.39 is 24.5 Å². The Bertz CT molecular complexity index is 519. The van der Waals surface area contributed by atoms with Crippen molar-refractivity contribution in [3.8, 4) is 0 Å². The lowest BCUT2D eigenvalue weighted by Gasteiger charge is -2.07. The van der Waals surface area contributed by atoms with E-state index in [1.807, 2.05) is 5.32 Å². The smallest absolute Gasteiger partial charge is 0.340 e. The normalized spacial score (nSPS) is 9.63. The van der Waals surface area contributed by atoms with Crippen LogP contribution in [-0.4, -0.2) is 31.6 Å². The lowest BCUT2D eigenvalue weighted by atomic mass is 10.2. The summed E-state index contributed by atoms with van der Waals surface area (Å²) in [5, 5.41) is 4.36. The molecule has 1 rings (SSSR count). The van der Waals surface area contributed by atoms with E-state index in [-0.39, 0.29) is 15.6 Å². The quantitative estimate of drug-likeness (QED) is 0.831. The average Bonchev–Trinajstić information content (AvgIpc) is 2.39. The number of amides is 3. The number of benzene rings is 1. The number of carbonyl (C=O) groups is 3. The highest BCUT2D eigenvalue weighted by molar-refractivity contribution is 6.43. The number of carbonyl (C=O) groups excluding carboxylic acids is 3. The third kappa shape index (κ3) is 4.42. The number of esters is 1. The molecule has 0 saturated heterocycles. The second-order valence-corrected chi connectivity index (χ2v) is 4.09. The summed E-state index contributed by atoms with van der Waals surface area (Å²) in [4.78, 5) is 33.6. The van der Waals surface area contributed by atoms with Gasteiger partial charge in [0.2, 0.25) is 0 Å². The summed E-state index contributed by atoms with van der Waals surface area (Å²) in [5.41, 5.74) is 0.0434. The molecule has 0 aliphatic rings. The monoisotopic (exact) mass is 304 g/mol. The molecule has 19 heavy (non-hydrogen) atoms. The van der Waals surface area contributed by atoms with E-state index in [1.165, 1.54) is 25.2 Å². The molecule has 0 saturated carbocycles. The third-order valence-corrected chi connectivity index (χ3v) is 2.80. The minimum absolute atomic E-state index is 0.0425. The second-order valence-electron chi connectivity index (χ2n) is 3.30. The number of hydrogen-bond donors (Lipinski definition) is 2. The molecule has 0 aliphatic heterocycles. The van der Waals surface area contributed by atoms with Gasteiger partial charge in [-0.15, -0.1) is 0 Å². The molecule has 0 bridgehead atoms. The van der Waals surface area contributed by atoms with Crippen LogP contribution in [0, 0.1) is 0 Å². The molecular formula is C11H10Cl2N2O4. The zero-order valence-corrected chi connectivity index (χ0v) is 11.3. The van der Waals surface area contributed by atoms with Crippen LogP contribution in [0.25, 0.3) is 0 Å². The Morgan fingerprint density at radius 3 is 2.58 bits per heavy atom. The van der Waals surface area contributed by atoms with E-state index in [1.54, 1.807) is 0 Å². The number of halogens is 2. The number of ether oxygens (including phenoxy) is 1. The summed E-state index contributed by atoms with van der Waals surface area (Å²) in [6.07, 6.45) is 0. The fraction of sp³-hybridized carbons (Fsp3) is 0.182. The van der Waals surface area contributed by atoms with Crippen molar-refractivity contribution in [1.82, 2.24) is 10.6 Å². The predicted molar refractivity (Wildman–Crippen MR) is 69.3 cm³/mol. The zero-order chi connectivity index (χ0) is 14.4. The minimum atomic E-state index is -0.806. The Balaban J connectivity index is 2.59. The molecule has 3 amide bonds. The Kier molecular flexibility index (Phi) is 5.59. The first kappa shape index (κ1) is 15.3. The van der Waals surface area contributed by atoms with E-state index in [4.69, 9.17) is 27.9 Å². The summed E-state index contributed by atoms with van der Waals surface area (Å²) in [7, 11) is 1.35. The Labute approximate surface area is 119 Å². The number of nitrogens with one attached hydrogen (secondary N) is 2. The summed E-state index contributed by atoms with van der Waals surface area (Å²) in [5.74, 6) is -1.56. The fourth-order valence-electron chi connectivity index (χ4n) is 1.10. The molecular weight excluding hydrogens is 295 g/mol. The molecule has 0 fully saturated rings. The van der Waals surface area contributed by atoms with Gasteiger partial charge in [-0.05, 0) is 12.1 Å². The Hall–Kier alpha value is -1.79. The molecule has 1 aromatic rings. The van der Waals surface area contributed by atoms with Crippen molar-refractivity contribution >= 4 is 41.1 Å². The van der Waals surface area contributed by atoms with Gasteiger partial charge in [0.25, 0.3) is 5.91 Å². The molecule has 0 aromatic heterocycles. The van der Waals surface area contributed by atoms with Gasteiger partial charge in [-0.1, -0.05) is 29.3 Å². The molecule has 1 aromatic carbocycles. The summed E-state index contributed by atoms with van der Waals surface area (Å²) in [6.45, 7) is -0.602. The van der Waals surface area contributed by atoms with Crippen molar-refractivity contribution in [2.75, 3.05) is 13.7 Å². The summed E-state index contributed by atoms with van der Waals surface area (Å²) in [6, 6.07) is 3.75. The van der Waals surface area contributed by atoms with Crippen LogP contribution >= 0.6 is 23.2 Å². The highest BCUT2D eigenvalue weighted by Crippen LogP contribution is 2.25. The highest BCUT2D eigenvalue weighted by Gasteiger charge is 2.16. The van der Waals surface area contributed by atoms with E-state index in [0.29, 0.717) is 0 Å². The van der Waals surface area contributed by atoms with Gasteiger partial charge < -0.3 is 10.1 Å². The van der Waals surface area contributed by atoms with Crippen LogP contribution in [0.5, 0.6) is 0 Å². The number of urea groups is 1. The first-order chi connectivity index (χ1) is 8.95. The van der Waals surface area contributed by atoms with Gasteiger partial charge in [0.15, 0.2) is 6.61 Å². The van der Waals surface area contributed by atoms with Crippen LogP contribution < -0.4 is 10.6 Å². The Morgan fingerprint density at radius 1 is 1.26 bits per heavy atom. The SMILES string of the molecule is CNC(=O)NC(=O)COC(=O)c1cccc(Cl)c1Cl. The molecule has 2 N–H and O–H groups in total. The molecule has 102 valence electrons. The fourth-order valence-corrected chi connectivity index (χ4v) is 1.47. The topological polar surface area (TPSA) is 84.5 Å². The zero-order valence-electron chi connectivity index (χ0n) is 9.83. The third-order valence-electron chi connectivity index (χ3n) is 1.99. The maximum absolute atomic E-state index is 11.6. The molecule has 0 radical (unpaired) electrons. The van der Waals surface area contributed by atoms with Crippen LogP contribution in [0.1, 0.15) is 10.4 Å². The van der Waals surface area contributed by atoms with Crippen molar-refractivity contribution in [2.45, 2.75) is 0 Å². The maximum Gasteiger partial charge on any atom is 0.340 e. The molecule has 0 spiro atoms. The Morgan fingerprint density at radius 2 is 1.95 bits per heavy atom. The van der Waals surface area contributed by atoms with Crippen molar-refractivity contribution < 1.29 is 19.1 Å². The van der Waals surface area contributed by atoms with E-state index in [9.17, 15) is 14.4 Å². The van der Waals surface area contributed by atoms with Crippen LogP contribution in [-0.2, 0) is 9.53 Å². The van der Waals surface area contributed by atoms with Crippen molar-refractivity contribution in [1.29, 1.82) is 0 Å². The van der Waals surface area contributed by atoms with Gasteiger partial charge in [0.05, 0.1) is 15.6 Å². The van der Waals surface area contributed by atoms with Crippen LogP contribution in [0.2, 0.25) is 10.0 Å². The standard InChI is InChI=1S/C11H10Cl2N2O4/c1-14-11(18)15-8(16)5-19-10(17)6-3-2-4-7(12)9(6)13/h2-4H,5H2,1H3,(H2,14,15,16,18). The maximum atomic E-state index is 11.6. The highest BCUT2D eigenvalue weighted by atomic mass is 35.5. The van der Waals surface area contributed by atoms with E-state index >= 15 is 0 Å². The van der Waals surface area contributed by atoms with Crippen molar-refractivity contribution in [3.63, 3.8) is 0 Å². The largest absolute Gasteiger partial charge is 0.452 e. The minimum Gasteiger partial charge on any atom is -0.452 e. The molecule has 8 heteroatoms. The van der Waals surface area contributed by atoms with Gasteiger partial charge in [-0.2, -0.15) is 0 Å². The van der Waals surface area contributed by atoms with Gasteiger partial charge in [0.1, 0.15) is 0 Å². The van der Waals surface area contributed by atoms with Crippen molar-refractivity contribution in [3.05, 3.63) is 33.8 Å². The van der Waals surface area contributed by atoms with Gasteiger partial charge >= 0.3 is 12.0 Å². The lowest BCUT2D eigenvalue weighted by Crippen LogP contribution is -2.39. The van der Waals surface area contributed by atoms with Crippen molar-refractivity contribution in [2.24, 2.45) is 0 Å². The second kappa shape index (κ2) is 6.96. The van der Waals surface area contributed by atoms with E-state index in [0.717, 1.165) is 0 Å². The van der Waals surface area contributed by atoms with Gasteiger partial charge in [-0.25, -0.2) is 9.59 Å². The molecule has 0 heterocycles. The van der Waals surface area contributed by atoms with Crippen LogP contribution in [0.3, 0.4) is 0 Å². The summed E-state index contributed by atoms with van der Waals surface area (Å²) >= 11 is 11.5. The predicted octanol–water partition coefficient (Wildman–Crippen LogP) is 1.61. The molecule has 0 aliphatic carbocycles. The molecule has 6 nitrogen and oxygen atoms in total. The van der Waals surface area contributed by atoms with Crippen LogP contribution in [0.4, 0.5) is 4.79 Å². The number of hydrogen-bond acceptors (Lipinski definition) is 4. The lowest BCUT2D eigenvalue weighted by molar-refractivity contribution is -0.123. The van der Waals surface area contributed by atoms with Crippen LogP contribution in [0.15, 0.2) is 18.2 Å². The number of rotatable bonds is 3. The van der Waals surface area contributed by atoms with Gasteiger partial charge in [0, 0.05) is 7.05 Å². The molecule has 0 atom stereocenters. The summed E-state index contributed by atoms with van der Waals surface area (Å²) < 4.78 is 4.70. The first-order valence-corrected chi connectivity index (χ1v) is 5.84.